The Balaban J connectivity index is 1.36. The predicted octanol–water partition coefficient (Wildman–Crippen LogP) is 1.46. The molecule has 3 aromatic heterocycles. The summed E-state index contributed by atoms with van der Waals surface area (Å²) in [6, 6.07) is 2.55. The van der Waals surface area contributed by atoms with Gasteiger partial charge in [0.25, 0.3) is 5.56 Å². The van der Waals surface area contributed by atoms with E-state index >= 15 is 4.39 Å². The van der Waals surface area contributed by atoms with Crippen molar-refractivity contribution in [3.05, 3.63) is 73.6 Å². The van der Waals surface area contributed by atoms with Crippen LogP contribution in [-0.4, -0.2) is 53.2 Å². The number of cyclic esters (lactones) is 1. The van der Waals surface area contributed by atoms with Crippen LogP contribution in [0.2, 0.25) is 0 Å². The molecule has 0 saturated heterocycles. The van der Waals surface area contributed by atoms with Crippen LogP contribution in [0.4, 0.5) is 4.39 Å². The van der Waals surface area contributed by atoms with E-state index in [1.807, 2.05) is 0 Å². The number of fused-ring (bicyclic) bond motifs is 5. The molecule has 7 rings (SSSR count). The van der Waals surface area contributed by atoms with Crippen LogP contribution in [0.1, 0.15) is 64.9 Å². The number of hydrogen-bond acceptors (Lipinski definition) is 9. The Kier molecular flexibility index (Phi) is 6.22. The van der Waals surface area contributed by atoms with Crippen LogP contribution in [0, 0.1) is 12.7 Å². The lowest BCUT2D eigenvalue weighted by atomic mass is 9.81. The largest absolute Gasteiger partial charge is 0.458 e. The molecule has 1 aliphatic carbocycles. The number of nitrogens with zero attached hydrogens (tertiary/aromatic N) is 5. The number of pyridine rings is 2. The van der Waals surface area contributed by atoms with Crippen molar-refractivity contribution in [2.24, 2.45) is 0 Å². The molecule has 0 spiro atoms. The van der Waals surface area contributed by atoms with Gasteiger partial charge in [0.1, 0.15) is 12.4 Å². The van der Waals surface area contributed by atoms with Crippen LogP contribution in [0.5, 0.6) is 0 Å². The average molecular weight is 589 g/mol. The number of amides is 1. The lowest BCUT2D eigenvalue weighted by Crippen LogP contribution is -2.44. The monoisotopic (exact) mass is 588 g/mol. The number of benzene rings is 1. The smallest absolute Gasteiger partial charge is 0.343 e. The highest BCUT2D eigenvalue weighted by Gasteiger charge is 2.46. The molecule has 0 fully saturated rings. The van der Waals surface area contributed by atoms with Crippen molar-refractivity contribution in [1.82, 2.24) is 29.9 Å². The van der Waals surface area contributed by atoms with Crippen LogP contribution in [0.3, 0.4) is 0 Å². The van der Waals surface area contributed by atoms with E-state index in [-0.39, 0.29) is 56.2 Å². The molecule has 13 heteroatoms. The van der Waals surface area contributed by atoms with E-state index in [0.29, 0.717) is 41.0 Å². The van der Waals surface area contributed by atoms with E-state index in [4.69, 9.17) is 14.8 Å². The lowest BCUT2D eigenvalue weighted by Gasteiger charge is -2.31. The van der Waals surface area contributed by atoms with Crippen molar-refractivity contribution in [2.45, 2.75) is 70.9 Å². The molecule has 2 aliphatic heterocycles. The fourth-order valence-electron chi connectivity index (χ4n) is 6.74. The molecule has 0 saturated carbocycles. The summed E-state index contributed by atoms with van der Waals surface area (Å²) in [6.07, 6.45) is 2.63. The fourth-order valence-corrected chi connectivity index (χ4v) is 6.74. The molecule has 2 atom stereocenters. The molecule has 4 aromatic rings. The van der Waals surface area contributed by atoms with Gasteiger partial charge in [0.2, 0.25) is 5.91 Å². The number of aliphatic hydroxyl groups excluding tert-OH is 1. The van der Waals surface area contributed by atoms with Crippen molar-refractivity contribution in [3.8, 4) is 11.4 Å². The first-order valence-electron chi connectivity index (χ1n) is 14.3. The number of carbonyl (C=O) groups excluding carboxylic acids is 2. The van der Waals surface area contributed by atoms with Gasteiger partial charge in [-0.15, -0.1) is 5.10 Å². The number of hydrogen-bond donors (Lipinski definition) is 3. The third-order valence-electron chi connectivity index (χ3n) is 8.97. The van der Waals surface area contributed by atoms with E-state index in [1.54, 1.807) is 26.1 Å². The zero-order valence-electron chi connectivity index (χ0n) is 23.6. The van der Waals surface area contributed by atoms with Gasteiger partial charge in [0.15, 0.2) is 5.60 Å². The summed E-state index contributed by atoms with van der Waals surface area (Å²) in [7, 11) is 0. The van der Waals surface area contributed by atoms with Gasteiger partial charge in [-0.05, 0) is 48.9 Å². The van der Waals surface area contributed by atoms with Crippen LogP contribution < -0.4 is 10.9 Å². The summed E-state index contributed by atoms with van der Waals surface area (Å²) in [5.41, 5.74) is 2.60. The number of aliphatic hydroxyl groups is 2. The Labute approximate surface area is 244 Å². The molecular weight excluding hydrogens is 559 g/mol. The van der Waals surface area contributed by atoms with Gasteiger partial charge in [-0.1, -0.05) is 12.1 Å². The van der Waals surface area contributed by atoms with Gasteiger partial charge in [0.05, 0.1) is 60.3 Å². The Morgan fingerprint density at radius 1 is 1.26 bits per heavy atom. The van der Waals surface area contributed by atoms with Gasteiger partial charge < -0.3 is 24.8 Å². The predicted molar refractivity (Wildman–Crippen MR) is 149 cm³/mol. The molecule has 43 heavy (non-hydrogen) atoms. The van der Waals surface area contributed by atoms with Gasteiger partial charge in [0, 0.05) is 28.8 Å². The number of aryl methyl sites for hydroxylation is 1. The van der Waals surface area contributed by atoms with Crippen molar-refractivity contribution < 1.29 is 28.9 Å². The van der Waals surface area contributed by atoms with Crippen molar-refractivity contribution >= 4 is 22.8 Å². The van der Waals surface area contributed by atoms with Crippen LogP contribution in [0.25, 0.3) is 22.3 Å². The number of aromatic nitrogens is 5. The van der Waals surface area contributed by atoms with Crippen molar-refractivity contribution in [1.29, 1.82) is 0 Å². The maximum absolute atomic E-state index is 15.1. The molecule has 1 amide bonds. The molecule has 5 heterocycles. The second-order valence-electron chi connectivity index (χ2n) is 11.3. The first-order valence-corrected chi connectivity index (χ1v) is 14.3. The third kappa shape index (κ3) is 4.02. The lowest BCUT2D eigenvalue weighted by molar-refractivity contribution is -0.172. The fraction of sp³-hybridized carbons (Fsp3) is 0.400. The molecule has 222 valence electrons. The van der Waals surface area contributed by atoms with Crippen LogP contribution in [0.15, 0.2) is 23.1 Å². The van der Waals surface area contributed by atoms with Crippen molar-refractivity contribution in [2.75, 3.05) is 6.61 Å². The van der Waals surface area contributed by atoms with Gasteiger partial charge in [-0.2, -0.15) is 0 Å². The summed E-state index contributed by atoms with van der Waals surface area (Å²) in [5.74, 6) is -1.49. The normalized spacial score (nSPS) is 20.0. The minimum absolute atomic E-state index is 0.0146. The number of carbonyl (C=O) groups is 2. The highest BCUT2D eigenvalue weighted by atomic mass is 19.1. The number of nitrogens with one attached hydrogen (secondary N) is 1. The molecule has 0 unspecified atom stereocenters. The molecule has 1 aromatic carbocycles. The highest BCUT2D eigenvalue weighted by molar-refractivity contribution is 5.94. The molecule has 0 bridgehead atoms. The van der Waals surface area contributed by atoms with E-state index in [2.05, 4.69) is 15.6 Å². The molecule has 0 radical (unpaired) electrons. The van der Waals surface area contributed by atoms with Gasteiger partial charge in [-0.3, -0.25) is 9.59 Å². The summed E-state index contributed by atoms with van der Waals surface area (Å²) in [4.78, 5) is 44.4. The van der Waals surface area contributed by atoms with Crippen molar-refractivity contribution in [3.63, 3.8) is 0 Å². The van der Waals surface area contributed by atoms with Crippen LogP contribution in [-0.2, 0) is 52.5 Å². The SMILES string of the molecule is CC[C@@]1(O)C(=O)OCc2c1cc1n(c2=O)Cc2c-1nc1cc(F)c(C)c3c1c2[C@@H](NC(=O)Cc1cn(CCO)nn1)CC3. The average Bonchev–Trinajstić information content (AvgIpc) is 3.58. The third-order valence-corrected chi connectivity index (χ3v) is 8.97. The van der Waals surface area contributed by atoms with Gasteiger partial charge >= 0.3 is 5.97 Å². The number of rotatable bonds is 6. The maximum atomic E-state index is 15.1. The zero-order chi connectivity index (χ0) is 30.2. The molecule has 3 N–H and O–H groups in total. The van der Waals surface area contributed by atoms with Crippen LogP contribution >= 0.6 is 0 Å². The second-order valence-corrected chi connectivity index (χ2v) is 11.3. The molecular formula is C30H29FN6O6. The highest BCUT2D eigenvalue weighted by Crippen LogP contribution is 2.45. The summed E-state index contributed by atoms with van der Waals surface area (Å²) in [6.45, 7) is 3.44. The maximum Gasteiger partial charge on any atom is 0.343 e. The minimum Gasteiger partial charge on any atom is -0.458 e. The Hall–Kier alpha value is -4.49. The minimum atomic E-state index is -1.97. The number of esters is 1. The zero-order valence-corrected chi connectivity index (χ0v) is 23.6. The summed E-state index contributed by atoms with van der Waals surface area (Å²) < 4.78 is 23.3. The molecule has 3 aliphatic rings. The van der Waals surface area contributed by atoms with E-state index < -0.39 is 29.0 Å². The summed E-state index contributed by atoms with van der Waals surface area (Å²) in [5, 5.41) is 32.2. The standard InChI is InChI=1S/C30H29FN6O6/c1-3-30(42)19-9-23-27-17(12-37(23)28(40)18(19)13-43-29(30)41)26-21(32-24(39)8-15-11-36(6-7-38)35-34-15)5-4-16-14(2)20(31)10-22(33-27)25(16)26/h9-11,21,38,42H,3-8,12-13H2,1-2H3,(H,32,39)/t21-,30-/m0/s1. The van der Waals surface area contributed by atoms with Gasteiger partial charge in [-0.25, -0.2) is 18.9 Å². The number of halogens is 1. The number of ether oxygens (including phenoxy) is 1. The van der Waals surface area contributed by atoms with E-state index in [0.717, 1.165) is 22.1 Å². The Morgan fingerprint density at radius 3 is 2.84 bits per heavy atom. The molecule has 12 nitrogen and oxygen atoms in total. The summed E-state index contributed by atoms with van der Waals surface area (Å²) >= 11 is 0. The Morgan fingerprint density at radius 2 is 2.07 bits per heavy atom. The Bertz CT molecular complexity index is 1930. The second kappa shape index (κ2) is 9.78. The first kappa shape index (κ1) is 27.3. The quantitative estimate of drug-likeness (QED) is 0.249. The van der Waals surface area contributed by atoms with E-state index in [1.165, 1.54) is 15.3 Å². The first-order chi connectivity index (χ1) is 20.6. The van der Waals surface area contributed by atoms with E-state index in [9.17, 15) is 19.5 Å². The topological polar surface area (TPSA) is 161 Å².